The van der Waals surface area contributed by atoms with Gasteiger partial charge >= 0.3 is 0 Å². The Morgan fingerprint density at radius 3 is 3.00 bits per heavy atom. The number of nitrogens with zero attached hydrogens (tertiary/aromatic N) is 3. The standard InChI is InChI=1S/C11H21N5O/c1-3-7-16-10(14-9-15-16)8-12-6-5-11(17)13-4-2/h9,12H,3-8H2,1-2H3,(H,13,17). The van der Waals surface area contributed by atoms with Crippen molar-refractivity contribution in [2.24, 2.45) is 0 Å². The average Bonchev–Trinajstić information content (AvgIpc) is 2.73. The third kappa shape index (κ3) is 4.95. The molecule has 0 saturated heterocycles. The van der Waals surface area contributed by atoms with Crippen molar-refractivity contribution in [3.63, 3.8) is 0 Å². The van der Waals surface area contributed by atoms with Gasteiger partial charge in [0, 0.05) is 26.1 Å². The molecule has 1 aromatic rings. The van der Waals surface area contributed by atoms with E-state index in [4.69, 9.17) is 0 Å². The molecule has 1 rings (SSSR count). The van der Waals surface area contributed by atoms with E-state index in [1.165, 1.54) is 0 Å². The molecule has 0 aliphatic rings. The Kier molecular flexibility index (Phi) is 6.24. The van der Waals surface area contributed by atoms with Gasteiger partial charge in [0.2, 0.25) is 5.91 Å². The Morgan fingerprint density at radius 2 is 2.29 bits per heavy atom. The summed E-state index contributed by atoms with van der Waals surface area (Å²) in [6.07, 6.45) is 3.10. The van der Waals surface area contributed by atoms with Crippen molar-refractivity contribution in [1.82, 2.24) is 25.4 Å². The smallest absolute Gasteiger partial charge is 0.221 e. The molecule has 1 heterocycles. The zero-order valence-electron chi connectivity index (χ0n) is 10.6. The summed E-state index contributed by atoms with van der Waals surface area (Å²) < 4.78 is 1.89. The van der Waals surface area contributed by atoms with Crippen molar-refractivity contribution in [1.29, 1.82) is 0 Å². The molecule has 0 aliphatic heterocycles. The van der Waals surface area contributed by atoms with Crippen molar-refractivity contribution < 1.29 is 4.79 Å². The van der Waals surface area contributed by atoms with E-state index >= 15 is 0 Å². The van der Waals surface area contributed by atoms with Crippen LogP contribution < -0.4 is 10.6 Å². The minimum absolute atomic E-state index is 0.0787. The molecule has 0 aromatic carbocycles. The molecule has 0 saturated carbocycles. The van der Waals surface area contributed by atoms with Crippen LogP contribution in [0.25, 0.3) is 0 Å². The normalized spacial score (nSPS) is 10.5. The summed E-state index contributed by atoms with van der Waals surface area (Å²) in [5.74, 6) is 0.998. The largest absolute Gasteiger partial charge is 0.356 e. The Balaban J connectivity index is 2.21. The zero-order chi connectivity index (χ0) is 12.5. The second-order valence-electron chi connectivity index (χ2n) is 3.78. The van der Waals surface area contributed by atoms with Gasteiger partial charge < -0.3 is 10.6 Å². The Labute approximate surface area is 102 Å². The second-order valence-corrected chi connectivity index (χ2v) is 3.78. The van der Waals surface area contributed by atoms with E-state index < -0.39 is 0 Å². The number of nitrogens with one attached hydrogen (secondary N) is 2. The molecule has 0 unspecified atom stereocenters. The summed E-state index contributed by atoms with van der Waals surface area (Å²) in [5.41, 5.74) is 0. The van der Waals surface area contributed by atoms with E-state index in [-0.39, 0.29) is 5.91 Å². The van der Waals surface area contributed by atoms with Crippen molar-refractivity contribution in [3.05, 3.63) is 12.2 Å². The third-order valence-electron chi connectivity index (χ3n) is 2.32. The fourth-order valence-corrected chi connectivity index (χ4v) is 1.51. The predicted octanol–water partition coefficient (Wildman–Crippen LogP) is 0.304. The molecular formula is C11H21N5O. The number of carbonyl (C=O) groups excluding carboxylic acids is 1. The summed E-state index contributed by atoms with van der Waals surface area (Å²) in [6, 6.07) is 0. The summed E-state index contributed by atoms with van der Waals surface area (Å²) in [7, 11) is 0. The molecule has 96 valence electrons. The lowest BCUT2D eigenvalue weighted by Gasteiger charge is -2.06. The van der Waals surface area contributed by atoms with Crippen molar-refractivity contribution in [2.75, 3.05) is 13.1 Å². The van der Waals surface area contributed by atoms with Crippen LogP contribution >= 0.6 is 0 Å². The number of hydrogen-bond acceptors (Lipinski definition) is 4. The maximum absolute atomic E-state index is 11.2. The molecule has 6 nitrogen and oxygen atoms in total. The summed E-state index contributed by atoms with van der Waals surface area (Å²) in [4.78, 5) is 15.4. The molecule has 2 N–H and O–H groups in total. The number of rotatable bonds is 8. The van der Waals surface area contributed by atoms with Crippen LogP contribution in [0.4, 0.5) is 0 Å². The minimum atomic E-state index is 0.0787. The Bertz CT molecular complexity index is 336. The molecule has 0 atom stereocenters. The van der Waals surface area contributed by atoms with Gasteiger partial charge in [-0.05, 0) is 13.3 Å². The van der Waals surface area contributed by atoms with Gasteiger partial charge in [0.15, 0.2) is 0 Å². The predicted molar refractivity (Wildman–Crippen MR) is 65.3 cm³/mol. The number of carbonyl (C=O) groups is 1. The molecule has 0 bridgehead atoms. The summed E-state index contributed by atoms with van der Waals surface area (Å²) in [6.45, 7) is 6.90. The quantitative estimate of drug-likeness (QED) is 0.640. The van der Waals surface area contributed by atoms with E-state index in [1.54, 1.807) is 6.33 Å². The molecule has 6 heteroatoms. The molecule has 1 amide bonds. The Morgan fingerprint density at radius 1 is 1.47 bits per heavy atom. The monoisotopic (exact) mass is 239 g/mol. The maximum atomic E-state index is 11.2. The number of amides is 1. The number of hydrogen-bond donors (Lipinski definition) is 2. The van der Waals surface area contributed by atoms with Crippen LogP contribution in [-0.4, -0.2) is 33.8 Å². The van der Waals surface area contributed by atoms with Gasteiger partial charge in [-0.15, -0.1) is 0 Å². The van der Waals surface area contributed by atoms with Gasteiger partial charge in [-0.25, -0.2) is 9.67 Å². The SMILES string of the molecule is CCCn1ncnc1CNCCC(=O)NCC. The van der Waals surface area contributed by atoms with Crippen LogP contribution in [0.5, 0.6) is 0 Å². The summed E-state index contributed by atoms with van der Waals surface area (Å²) in [5, 5.41) is 10.1. The number of aromatic nitrogens is 3. The fraction of sp³-hybridized carbons (Fsp3) is 0.727. The van der Waals surface area contributed by atoms with E-state index in [0.29, 0.717) is 26.1 Å². The highest BCUT2D eigenvalue weighted by molar-refractivity contribution is 5.75. The third-order valence-corrected chi connectivity index (χ3v) is 2.32. The second kappa shape index (κ2) is 7.78. The van der Waals surface area contributed by atoms with E-state index in [0.717, 1.165) is 18.8 Å². The molecule has 0 spiro atoms. The van der Waals surface area contributed by atoms with Gasteiger partial charge in [-0.3, -0.25) is 4.79 Å². The van der Waals surface area contributed by atoms with Crippen molar-refractivity contribution in [2.45, 2.75) is 39.8 Å². The highest BCUT2D eigenvalue weighted by atomic mass is 16.1. The van der Waals surface area contributed by atoms with Gasteiger partial charge in [0.05, 0.1) is 6.54 Å². The van der Waals surface area contributed by atoms with Gasteiger partial charge in [-0.2, -0.15) is 5.10 Å². The number of aryl methyl sites for hydroxylation is 1. The minimum Gasteiger partial charge on any atom is -0.356 e. The van der Waals surface area contributed by atoms with Crippen LogP contribution in [0, 0.1) is 0 Å². The van der Waals surface area contributed by atoms with Crippen LogP contribution in [0.2, 0.25) is 0 Å². The molecule has 17 heavy (non-hydrogen) atoms. The average molecular weight is 239 g/mol. The van der Waals surface area contributed by atoms with Crippen LogP contribution in [0.15, 0.2) is 6.33 Å². The van der Waals surface area contributed by atoms with Crippen molar-refractivity contribution >= 4 is 5.91 Å². The van der Waals surface area contributed by atoms with E-state index in [9.17, 15) is 4.79 Å². The first-order valence-corrected chi connectivity index (χ1v) is 6.12. The zero-order valence-corrected chi connectivity index (χ0v) is 10.6. The molecule has 1 aromatic heterocycles. The van der Waals surface area contributed by atoms with E-state index in [1.807, 2.05) is 11.6 Å². The molecule has 0 fully saturated rings. The molecular weight excluding hydrogens is 218 g/mol. The fourth-order valence-electron chi connectivity index (χ4n) is 1.51. The first-order valence-electron chi connectivity index (χ1n) is 6.12. The highest BCUT2D eigenvalue weighted by Crippen LogP contribution is 1.95. The Hall–Kier alpha value is -1.43. The molecule has 0 radical (unpaired) electrons. The van der Waals surface area contributed by atoms with Crippen LogP contribution in [0.3, 0.4) is 0 Å². The molecule has 0 aliphatic carbocycles. The van der Waals surface area contributed by atoms with Gasteiger partial charge in [0.1, 0.15) is 12.2 Å². The topological polar surface area (TPSA) is 71.8 Å². The van der Waals surface area contributed by atoms with Crippen LogP contribution in [0.1, 0.15) is 32.5 Å². The van der Waals surface area contributed by atoms with Gasteiger partial charge in [0.25, 0.3) is 0 Å². The lowest BCUT2D eigenvalue weighted by molar-refractivity contribution is -0.120. The first-order chi connectivity index (χ1) is 8.27. The maximum Gasteiger partial charge on any atom is 0.221 e. The highest BCUT2D eigenvalue weighted by Gasteiger charge is 2.03. The van der Waals surface area contributed by atoms with Crippen molar-refractivity contribution in [3.8, 4) is 0 Å². The van der Waals surface area contributed by atoms with E-state index in [2.05, 4.69) is 27.6 Å². The lowest BCUT2D eigenvalue weighted by Crippen LogP contribution is -2.27. The lowest BCUT2D eigenvalue weighted by atomic mass is 10.4. The van der Waals surface area contributed by atoms with Gasteiger partial charge in [-0.1, -0.05) is 6.92 Å². The van der Waals surface area contributed by atoms with Crippen LogP contribution in [-0.2, 0) is 17.9 Å². The first kappa shape index (κ1) is 13.6. The summed E-state index contributed by atoms with van der Waals surface area (Å²) >= 11 is 0.